The Balaban J connectivity index is 2.22. The highest BCUT2D eigenvalue weighted by Crippen LogP contribution is 2.26. The lowest BCUT2D eigenvalue weighted by Gasteiger charge is -2.24. The molecule has 0 aliphatic heterocycles. The van der Waals surface area contributed by atoms with E-state index in [1.54, 1.807) is 12.1 Å². The third kappa shape index (κ3) is 7.57. The van der Waals surface area contributed by atoms with Crippen LogP contribution in [0.4, 0.5) is 8.78 Å². The van der Waals surface area contributed by atoms with E-state index in [-0.39, 0.29) is 34.6 Å². The van der Waals surface area contributed by atoms with E-state index in [0.717, 1.165) is 44.2 Å². The summed E-state index contributed by atoms with van der Waals surface area (Å²) >= 11 is 0. The van der Waals surface area contributed by atoms with Crippen LogP contribution in [-0.4, -0.2) is 17.7 Å². The molecular formula is C26H34F2N4O2. The van der Waals surface area contributed by atoms with Crippen LogP contribution in [0.2, 0.25) is 0 Å². The monoisotopic (exact) mass is 472 g/mol. The Labute approximate surface area is 199 Å². The smallest absolute Gasteiger partial charge is 0.254 e. The SMILES string of the molecule is CCCCC(CC(C)CC)N/C(N)=C(\C(=N)c1ccc(Oc2ccc(F)cc2F)cc1)C(N)=O. The molecular weight excluding hydrogens is 438 g/mol. The van der Waals surface area contributed by atoms with Gasteiger partial charge >= 0.3 is 0 Å². The van der Waals surface area contributed by atoms with E-state index in [1.807, 2.05) is 0 Å². The van der Waals surface area contributed by atoms with Crippen LogP contribution in [0.15, 0.2) is 53.9 Å². The molecule has 0 fully saturated rings. The first kappa shape index (κ1) is 26.8. The average molecular weight is 473 g/mol. The van der Waals surface area contributed by atoms with Gasteiger partial charge < -0.3 is 21.5 Å². The van der Waals surface area contributed by atoms with Gasteiger partial charge in [0.05, 0.1) is 5.71 Å². The molecule has 2 unspecified atom stereocenters. The van der Waals surface area contributed by atoms with Crippen molar-refractivity contribution in [1.82, 2.24) is 5.32 Å². The fourth-order valence-electron chi connectivity index (χ4n) is 3.55. The number of halogens is 2. The molecule has 2 rings (SSSR count). The zero-order valence-corrected chi connectivity index (χ0v) is 20.0. The van der Waals surface area contributed by atoms with Gasteiger partial charge in [0.15, 0.2) is 11.6 Å². The van der Waals surface area contributed by atoms with Gasteiger partial charge in [0.2, 0.25) is 0 Å². The third-order valence-electron chi connectivity index (χ3n) is 5.68. The van der Waals surface area contributed by atoms with Crippen LogP contribution < -0.4 is 21.5 Å². The van der Waals surface area contributed by atoms with Crippen LogP contribution in [-0.2, 0) is 4.79 Å². The van der Waals surface area contributed by atoms with Crippen LogP contribution in [0.1, 0.15) is 58.4 Å². The molecule has 0 aliphatic rings. The van der Waals surface area contributed by atoms with Crippen LogP contribution in [0, 0.1) is 23.0 Å². The average Bonchev–Trinajstić information content (AvgIpc) is 2.79. The van der Waals surface area contributed by atoms with Crippen molar-refractivity contribution in [2.24, 2.45) is 17.4 Å². The summed E-state index contributed by atoms with van der Waals surface area (Å²) in [6.45, 7) is 6.41. The molecule has 0 saturated heterocycles. The number of hydrogen-bond donors (Lipinski definition) is 4. The Morgan fingerprint density at radius 3 is 2.35 bits per heavy atom. The first-order chi connectivity index (χ1) is 16.2. The number of benzene rings is 2. The summed E-state index contributed by atoms with van der Waals surface area (Å²) in [5.74, 6) is -1.62. The summed E-state index contributed by atoms with van der Waals surface area (Å²) < 4.78 is 32.4. The van der Waals surface area contributed by atoms with Crippen molar-refractivity contribution in [2.45, 2.75) is 58.9 Å². The molecule has 0 saturated carbocycles. The van der Waals surface area contributed by atoms with E-state index in [1.165, 1.54) is 18.2 Å². The summed E-state index contributed by atoms with van der Waals surface area (Å²) in [5.41, 5.74) is 12.0. The molecule has 0 radical (unpaired) electrons. The second-order valence-electron chi connectivity index (χ2n) is 8.46. The first-order valence-electron chi connectivity index (χ1n) is 11.5. The minimum absolute atomic E-state index is 0.0680. The number of carbonyl (C=O) groups excluding carboxylic acids is 1. The molecule has 2 aromatic carbocycles. The summed E-state index contributed by atoms with van der Waals surface area (Å²) in [5, 5.41) is 11.8. The number of primary amides is 1. The minimum atomic E-state index is -0.829. The maximum absolute atomic E-state index is 13.8. The van der Waals surface area contributed by atoms with E-state index >= 15 is 0 Å². The van der Waals surface area contributed by atoms with Crippen molar-refractivity contribution in [3.8, 4) is 11.5 Å². The molecule has 1 amide bonds. The van der Waals surface area contributed by atoms with E-state index < -0.39 is 17.5 Å². The molecule has 34 heavy (non-hydrogen) atoms. The van der Waals surface area contributed by atoms with Crippen molar-refractivity contribution >= 4 is 11.6 Å². The lowest BCUT2D eigenvalue weighted by Crippen LogP contribution is -2.38. The molecule has 184 valence electrons. The van der Waals surface area contributed by atoms with Gasteiger partial charge in [0, 0.05) is 17.7 Å². The first-order valence-corrected chi connectivity index (χ1v) is 11.5. The van der Waals surface area contributed by atoms with Crippen molar-refractivity contribution in [3.63, 3.8) is 0 Å². The van der Waals surface area contributed by atoms with Gasteiger partial charge in [-0.3, -0.25) is 10.2 Å². The van der Waals surface area contributed by atoms with E-state index in [2.05, 4.69) is 26.1 Å². The Morgan fingerprint density at radius 1 is 1.12 bits per heavy atom. The molecule has 8 heteroatoms. The number of hydrogen-bond acceptors (Lipinski definition) is 5. The fourth-order valence-corrected chi connectivity index (χ4v) is 3.55. The molecule has 0 aromatic heterocycles. The van der Waals surface area contributed by atoms with Gasteiger partial charge in [-0.05, 0) is 55.2 Å². The highest BCUT2D eigenvalue weighted by Gasteiger charge is 2.21. The van der Waals surface area contributed by atoms with Gasteiger partial charge in [-0.1, -0.05) is 40.0 Å². The van der Waals surface area contributed by atoms with Crippen molar-refractivity contribution < 1.29 is 18.3 Å². The zero-order valence-electron chi connectivity index (χ0n) is 20.0. The zero-order chi connectivity index (χ0) is 25.3. The standard InChI is InChI=1S/C26H34F2N4O2/c1-4-6-7-19(14-16(3)5-2)32-25(30)23(26(31)33)24(29)17-8-11-20(12-9-17)34-22-13-10-18(27)15-21(22)28/h8-13,15-16,19,29,32H,4-7,14,30H2,1-3H3,(H2,31,33)/b25-23+,29-24?. The van der Waals surface area contributed by atoms with Crippen molar-refractivity contribution in [3.05, 3.63) is 71.1 Å². The summed E-state index contributed by atoms with van der Waals surface area (Å²) in [6.07, 6.45) is 4.87. The lowest BCUT2D eigenvalue weighted by molar-refractivity contribution is -0.114. The van der Waals surface area contributed by atoms with Crippen LogP contribution >= 0.6 is 0 Å². The maximum atomic E-state index is 13.8. The second kappa shape index (κ2) is 12.7. The molecule has 2 atom stereocenters. The molecule has 0 spiro atoms. The third-order valence-corrected chi connectivity index (χ3v) is 5.68. The molecule has 2 aromatic rings. The highest BCUT2D eigenvalue weighted by molar-refractivity contribution is 6.26. The molecule has 6 nitrogen and oxygen atoms in total. The predicted octanol–water partition coefficient (Wildman–Crippen LogP) is 5.37. The Hall–Kier alpha value is -3.42. The quantitative estimate of drug-likeness (QED) is 0.232. The Kier molecular flexibility index (Phi) is 10.0. The fraction of sp³-hybridized carbons (Fsp3) is 0.385. The number of nitrogens with two attached hydrogens (primary N) is 2. The highest BCUT2D eigenvalue weighted by atomic mass is 19.1. The summed E-state index contributed by atoms with van der Waals surface area (Å²) in [4.78, 5) is 12.2. The minimum Gasteiger partial charge on any atom is -0.454 e. The van der Waals surface area contributed by atoms with Gasteiger partial charge in [-0.25, -0.2) is 8.78 Å². The van der Waals surface area contributed by atoms with Crippen LogP contribution in [0.25, 0.3) is 0 Å². The number of amides is 1. The topological polar surface area (TPSA) is 114 Å². The predicted molar refractivity (Wildman–Crippen MR) is 131 cm³/mol. The van der Waals surface area contributed by atoms with Gasteiger partial charge in [-0.2, -0.15) is 0 Å². The lowest BCUT2D eigenvalue weighted by atomic mass is 9.95. The molecule has 0 aliphatic carbocycles. The van der Waals surface area contributed by atoms with Crippen molar-refractivity contribution in [1.29, 1.82) is 5.41 Å². The second-order valence-corrected chi connectivity index (χ2v) is 8.46. The number of ether oxygens (including phenoxy) is 1. The number of nitrogens with one attached hydrogen (secondary N) is 2. The normalized spacial score (nSPS) is 13.6. The Morgan fingerprint density at radius 2 is 1.79 bits per heavy atom. The maximum Gasteiger partial charge on any atom is 0.254 e. The van der Waals surface area contributed by atoms with E-state index in [9.17, 15) is 13.6 Å². The van der Waals surface area contributed by atoms with Gasteiger partial charge in [0.1, 0.15) is 23.0 Å². The van der Waals surface area contributed by atoms with E-state index in [4.69, 9.17) is 21.6 Å². The number of unbranched alkanes of at least 4 members (excludes halogenated alkanes) is 1. The number of carbonyl (C=O) groups is 1. The number of rotatable bonds is 13. The Bertz CT molecular complexity index is 1020. The summed E-state index contributed by atoms with van der Waals surface area (Å²) in [7, 11) is 0. The van der Waals surface area contributed by atoms with Crippen LogP contribution in [0.3, 0.4) is 0 Å². The van der Waals surface area contributed by atoms with E-state index in [0.29, 0.717) is 11.5 Å². The van der Waals surface area contributed by atoms with Crippen molar-refractivity contribution in [2.75, 3.05) is 0 Å². The van der Waals surface area contributed by atoms with Gasteiger partial charge in [0.25, 0.3) is 5.91 Å². The summed E-state index contributed by atoms with van der Waals surface area (Å²) in [6, 6.07) is 9.20. The van der Waals surface area contributed by atoms with Crippen LogP contribution in [0.5, 0.6) is 11.5 Å². The molecule has 0 bridgehead atoms. The molecule has 6 N–H and O–H groups in total. The van der Waals surface area contributed by atoms with Gasteiger partial charge in [-0.15, -0.1) is 0 Å². The largest absolute Gasteiger partial charge is 0.454 e. The molecule has 0 heterocycles.